The first kappa shape index (κ1) is 11.9. The van der Waals surface area contributed by atoms with Gasteiger partial charge in [0.1, 0.15) is 11.6 Å². The second kappa shape index (κ2) is 4.17. The Kier molecular flexibility index (Phi) is 2.60. The van der Waals surface area contributed by atoms with E-state index in [-0.39, 0.29) is 19.0 Å². The molecule has 2 heterocycles. The van der Waals surface area contributed by atoms with E-state index in [1.807, 2.05) is 0 Å². The molecule has 2 N–H and O–H groups in total. The van der Waals surface area contributed by atoms with Crippen molar-refractivity contribution in [1.82, 2.24) is 9.97 Å². The number of H-pyrrole nitrogens is 1. The van der Waals surface area contributed by atoms with E-state index >= 15 is 0 Å². The number of aromatic nitrogens is 2. The molecule has 1 aromatic carbocycles. The minimum absolute atomic E-state index is 0.0760. The van der Waals surface area contributed by atoms with E-state index in [2.05, 4.69) is 9.97 Å². The van der Waals surface area contributed by atoms with Crippen molar-refractivity contribution in [2.24, 2.45) is 0 Å². The molecule has 0 unspecified atom stereocenters. The quantitative estimate of drug-likeness (QED) is 0.880. The molecule has 98 valence electrons. The molecule has 1 aliphatic heterocycles. The van der Waals surface area contributed by atoms with E-state index in [4.69, 9.17) is 4.74 Å². The van der Waals surface area contributed by atoms with E-state index in [1.165, 1.54) is 12.3 Å². The van der Waals surface area contributed by atoms with Crippen LogP contribution < -0.4 is 0 Å². The fraction of sp³-hybridized carbons (Fsp3) is 0.231. The zero-order chi connectivity index (χ0) is 13.5. The van der Waals surface area contributed by atoms with Crippen LogP contribution in [0.4, 0.5) is 4.39 Å². The third kappa shape index (κ3) is 1.72. The number of carbonyl (C=O) groups is 1. The minimum Gasteiger partial charge on any atom is -0.480 e. The number of ether oxygens (including phenoxy) is 1. The van der Waals surface area contributed by atoms with Gasteiger partial charge in [0.15, 0.2) is 5.41 Å². The van der Waals surface area contributed by atoms with Gasteiger partial charge in [-0.15, -0.1) is 0 Å². The summed E-state index contributed by atoms with van der Waals surface area (Å²) in [6.07, 6.45) is 1.44. The Morgan fingerprint density at radius 3 is 2.74 bits per heavy atom. The van der Waals surface area contributed by atoms with E-state index in [0.717, 1.165) is 0 Å². The van der Waals surface area contributed by atoms with Gasteiger partial charge < -0.3 is 14.8 Å². The molecule has 5 nitrogen and oxygen atoms in total. The number of imidazole rings is 1. The number of aliphatic carboxylic acids is 1. The molecule has 0 spiro atoms. The van der Waals surface area contributed by atoms with Gasteiger partial charge in [-0.2, -0.15) is 0 Å². The number of nitrogens with one attached hydrogen (secondary N) is 1. The average Bonchev–Trinajstić information content (AvgIpc) is 2.77. The fourth-order valence-electron chi connectivity index (χ4n) is 2.05. The molecule has 3 rings (SSSR count). The summed E-state index contributed by atoms with van der Waals surface area (Å²) >= 11 is 0. The zero-order valence-corrected chi connectivity index (χ0v) is 9.89. The second-order valence-electron chi connectivity index (χ2n) is 4.51. The Hall–Kier alpha value is -2.21. The number of carboxylic acid groups (broad SMARTS) is 1. The van der Waals surface area contributed by atoms with Gasteiger partial charge in [-0.05, 0) is 12.1 Å². The lowest BCUT2D eigenvalue weighted by Gasteiger charge is -2.35. The number of aromatic amines is 1. The van der Waals surface area contributed by atoms with Crippen LogP contribution in [-0.2, 0) is 14.9 Å². The summed E-state index contributed by atoms with van der Waals surface area (Å²) in [7, 11) is 0. The first-order valence-corrected chi connectivity index (χ1v) is 5.75. The first-order chi connectivity index (χ1) is 9.13. The molecule has 0 saturated carbocycles. The molecule has 0 aliphatic carbocycles. The molecule has 0 bridgehead atoms. The summed E-state index contributed by atoms with van der Waals surface area (Å²) in [5.41, 5.74) is -0.314. The SMILES string of the molecule is O=C(O)C1(c2ncc(-c3ccccc3F)[nH]2)COC1. The van der Waals surface area contributed by atoms with Crippen LogP contribution >= 0.6 is 0 Å². The molecule has 6 heteroatoms. The number of halogens is 1. The lowest BCUT2D eigenvalue weighted by Crippen LogP contribution is -2.53. The van der Waals surface area contributed by atoms with E-state index < -0.39 is 11.4 Å². The summed E-state index contributed by atoms with van der Waals surface area (Å²) in [4.78, 5) is 18.3. The number of carboxylic acids is 1. The van der Waals surface area contributed by atoms with Gasteiger partial charge in [0.25, 0.3) is 0 Å². The topological polar surface area (TPSA) is 75.2 Å². The monoisotopic (exact) mass is 262 g/mol. The van der Waals surface area contributed by atoms with Gasteiger partial charge in [0, 0.05) is 5.56 Å². The van der Waals surface area contributed by atoms with Crippen molar-refractivity contribution >= 4 is 5.97 Å². The lowest BCUT2D eigenvalue weighted by molar-refractivity contribution is -0.163. The maximum Gasteiger partial charge on any atom is 0.322 e. The van der Waals surface area contributed by atoms with Crippen LogP contribution in [0.1, 0.15) is 5.82 Å². The number of nitrogens with zero attached hydrogens (tertiary/aromatic N) is 1. The molecule has 19 heavy (non-hydrogen) atoms. The second-order valence-corrected chi connectivity index (χ2v) is 4.51. The number of hydrogen-bond donors (Lipinski definition) is 2. The van der Waals surface area contributed by atoms with Crippen LogP contribution in [0.2, 0.25) is 0 Å². The van der Waals surface area contributed by atoms with Gasteiger partial charge >= 0.3 is 5.97 Å². The highest BCUT2D eigenvalue weighted by Crippen LogP contribution is 2.32. The van der Waals surface area contributed by atoms with Crippen LogP contribution in [0.5, 0.6) is 0 Å². The third-order valence-electron chi connectivity index (χ3n) is 3.30. The molecule has 2 aromatic rings. The van der Waals surface area contributed by atoms with Crippen molar-refractivity contribution in [3.05, 3.63) is 42.1 Å². The summed E-state index contributed by atoms with van der Waals surface area (Å²) in [5, 5.41) is 9.26. The van der Waals surface area contributed by atoms with Crippen LogP contribution in [0, 0.1) is 5.82 Å². The zero-order valence-electron chi connectivity index (χ0n) is 9.89. The summed E-state index contributed by atoms with van der Waals surface area (Å²) in [6, 6.07) is 6.25. The minimum atomic E-state index is -1.14. The van der Waals surface area contributed by atoms with Gasteiger partial charge in [-0.1, -0.05) is 12.1 Å². The van der Waals surface area contributed by atoms with Crippen molar-refractivity contribution < 1.29 is 19.0 Å². The highest BCUT2D eigenvalue weighted by molar-refractivity contribution is 5.82. The Morgan fingerprint density at radius 2 is 2.16 bits per heavy atom. The highest BCUT2D eigenvalue weighted by atomic mass is 19.1. The van der Waals surface area contributed by atoms with E-state index in [0.29, 0.717) is 17.1 Å². The van der Waals surface area contributed by atoms with E-state index in [1.54, 1.807) is 18.2 Å². The summed E-state index contributed by atoms with van der Waals surface area (Å²) < 4.78 is 18.6. The molecule has 0 radical (unpaired) electrons. The van der Waals surface area contributed by atoms with Crippen molar-refractivity contribution in [2.75, 3.05) is 13.2 Å². The van der Waals surface area contributed by atoms with Gasteiger partial charge in [0.05, 0.1) is 25.1 Å². The Morgan fingerprint density at radius 1 is 1.42 bits per heavy atom. The molecule has 1 fully saturated rings. The smallest absolute Gasteiger partial charge is 0.322 e. The number of hydrogen-bond acceptors (Lipinski definition) is 3. The van der Waals surface area contributed by atoms with Crippen LogP contribution in [0.25, 0.3) is 11.3 Å². The maximum absolute atomic E-state index is 13.6. The first-order valence-electron chi connectivity index (χ1n) is 5.75. The predicted molar refractivity (Wildman–Crippen MR) is 64.1 cm³/mol. The average molecular weight is 262 g/mol. The summed E-state index contributed by atoms with van der Waals surface area (Å²) in [6.45, 7) is 0.152. The highest BCUT2D eigenvalue weighted by Gasteiger charge is 2.50. The molecule has 0 amide bonds. The number of rotatable bonds is 3. The lowest BCUT2D eigenvalue weighted by atomic mass is 9.85. The fourth-order valence-corrected chi connectivity index (χ4v) is 2.05. The molecular formula is C13H11FN2O3. The standard InChI is InChI=1S/C13H11FN2O3/c14-9-4-2-1-3-8(9)10-5-15-11(16-10)13(12(17)18)6-19-7-13/h1-5H,6-7H2,(H,15,16)(H,17,18). The van der Waals surface area contributed by atoms with Crippen molar-refractivity contribution in [3.8, 4) is 11.3 Å². The Balaban J connectivity index is 2.01. The van der Waals surface area contributed by atoms with Crippen LogP contribution in [0.15, 0.2) is 30.5 Å². The van der Waals surface area contributed by atoms with Crippen molar-refractivity contribution in [3.63, 3.8) is 0 Å². The maximum atomic E-state index is 13.6. The molecule has 0 atom stereocenters. The molecule has 1 aromatic heterocycles. The Labute approximate surface area is 108 Å². The third-order valence-corrected chi connectivity index (χ3v) is 3.30. The van der Waals surface area contributed by atoms with E-state index in [9.17, 15) is 14.3 Å². The molecule has 1 aliphatic rings. The Bertz CT molecular complexity index is 634. The van der Waals surface area contributed by atoms with Gasteiger partial charge in [-0.3, -0.25) is 4.79 Å². The normalized spacial score (nSPS) is 16.9. The predicted octanol–water partition coefficient (Wildman–Crippen LogP) is 1.57. The van der Waals surface area contributed by atoms with Crippen molar-refractivity contribution in [1.29, 1.82) is 0 Å². The van der Waals surface area contributed by atoms with Crippen molar-refractivity contribution in [2.45, 2.75) is 5.41 Å². The van der Waals surface area contributed by atoms with Crippen LogP contribution in [-0.4, -0.2) is 34.3 Å². The largest absolute Gasteiger partial charge is 0.480 e. The van der Waals surface area contributed by atoms with Gasteiger partial charge in [-0.25, -0.2) is 9.37 Å². The van der Waals surface area contributed by atoms with Gasteiger partial charge in [0.2, 0.25) is 0 Å². The molecule has 1 saturated heterocycles. The molecular weight excluding hydrogens is 251 g/mol. The summed E-state index contributed by atoms with van der Waals surface area (Å²) in [5.74, 6) is -1.08. The number of benzene rings is 1. The van der Waals surface area contributed by atoms with Crippen LogP contribution in [0.3, 0.4) is 0 Å².